The maximum absolute atomic E-state index is 12.7. The SMILES string of the molecule is Cc1cc(C(C)N)c2oc(-c3cnccn3)c(C)c(=O)c2c1. The van der Waals surface area contributed by atoms with E-state index in [-0.39, 0.29) is 11.5 Å². The van der Waals surface area contributed by atoms with Crippen LogP contribution in [0.3, 0.4) is 0 Å². The molecule has 0 aliphatic carbocycles. The van der Waals surface area contributed by atoms with Crippen molar-refractivity contribution >= 4 is 11.0 Å². The van der Waals surface area contributed by atoms with Gasteiger partial charge in [-0.1, -0.05) is 6.07 Å². The van der Waals surface area contributed by atoms with E-state index in [4.69, 9.17) is 10.2 Å². The fourth-order valence-electron chi connectivity index (χ4n) is 2.57. The third kappa shape index (κ3) is 2.29. The van der Waals surface area contributed by atoms with Crippen LogP contribution in [0.25, 0.3) is 22.4 Å². The summed E-state index contributed by atoms with van der Waals surface area (Å²) in [6.07, 6.45) is 4.73. The molecule has 0 spiro atoms. The molecule has 112 valence electrons. The highest BCUT2D eigenvalue weighted by atomic mass is 16.3. The van der Waals surface area contributed by atoms with Crippen LogP contribution in [0, 0.1) is 13.8 Å². The molecule has 3 aromatic rings. The lowest BCUT2D eigenvalue weighted by Gasteiger charge is -2.13. The third-order valence-corrected chi connectivity index (χ3v) is 3.68. The number of aryl methyl sites for hydroxylation is 1. The van der Waals surface area contributed by atoms with Gasteiger partial charge in [-0.3, -0.25) is 9.78 Å². The second-order valence-electron chi connectivity index (χ2n) is 5.50. The van der Waals surface area contributed by atoms with Gasteiger partial charge in [-0.2, -0.15) is 0 Å². The van der Waals surface area contributed by atoms with Gasteiger partial charge >= 0.3 is 0 Å². The van der Waals surface area contributed by atoms with E-state index in [1.807, 2.05) is 26.0 Å². The van der Waals surface area contributed by atoms with Gasteiger partial charge in [-0.25, -0.2) is 4.98 Å². The summed E-state index contributed by atoms with van der Waals surface area (Å²) < 4.78 is 6.02. The molecular formula is C17H17N3O2. The Hall–Kier alpha value is -2.53. The van der Waals surface area contributed by atoms with Gasteiger partial charge in [0.05, 0.1) is 11.6 Å². The zero-order valence-electron chi connectivity index (χ0n) is 12.8. The summed E-state index contributed by atoms with van der Waals surface area (Å²) in [7, 11) is 0. The molecule has 0 bridgehead atoms. The van der Waals surface area contributed by atoms with Crippen LogP contribution in [-0.2, 0) is 0 Å². The van der Waals surface area contributed by atoms with Crippen LogP contribution in [0.15, 0.2) is 39.9 Å². The molecule has 22 heavy (non-hydrogen) atoms. The van der Waals surface area contributed by atoms with Gasteiger partial charge in [-0.15, -0.1) is 0 Å². The zero-order valence-corrected chi connectivity index (χ0v) is 12.8. The lowest BCUT2D eigenvalue weighted by atomic mass is 10.0. The number of nitrogens with two attached hydrogens (primary N) is 1. The molecule has 1 unspecified atom stereocenters. The quantitative estimate of drug-likeness (QED) is 0.786. The van der Waals surface area contributed by atoms with E-state index in [1.54, 1.807) is 25.5 Å². The average Bonchev–Trinajstić information content (AvgIpc) is 2.51. The summed E-state index contributed by atoms with van der Waals surface area (Å²) in [6.45, 7) is 5.55. The van der Waals surface area contributed by atoms with Crippen LogP contribution in [0.5, 0.6) is 0 Å². The second kappa shape index (κ2) is 5.35. The van der Waals surface area contributed by atoms with Crippen LogP contribution in [0.2, 0.25) is 0 Å². The number of benzene rings is 1. The molecule has 0 radical (unpaired) electrons. The summed E-state index contributed by atoms with van der Waals surface area (Å²) >= 11 is 0. The molecule has 0 amide bonds. The van der Waals surface area contributed by atoms with Crippen LogP contribution < -0.4 is 11.2 Å². The topological polar surface area (TPSA) is 82.0 Å². The largest absolute Gasteiger partial charge is 0.453 e. The van der Waals surface area contributed by atoms with Gasteiger partial charge < -0.3 is 10.2 Å². The molecular weight excluding hydrogens is 278 g/mol. The fraction of sp³-hybridized carbons (Fsp3) is 0.235. The van der Waals surface area contributed by atoms with Crippen LogP contribution in [0.4, 0.5) is 0 Å². The second-order valence-corrected chi connectivity index (χ2v) is 5.50. The van der Waals surface area contributed by atoms with E-state index in [1.165, 1.54) is 0 Å². The van der Waals surface area contributed by atoms with E-state index < -0.39 is 0 Å². The molecule has 0 aliphatic rings. The summed E-state index contributed by atoms with van der Waals surface area (Å²) in [5.41, 5.74) is 9.36. The van der Waals surface area contributed by atoms with Crippen molar-refractivity contribution in [2.75, 3.05) is 0 Å². The van der Waals surface area contributed by atoms with Crippen LogP contribution >= 0.6 is 0 Å². The molecule has 1 aromatic carbocycles. The van der Waals surface area contributed by atoms with Crippen molar-refractivity contribution in [1.82, 2.24) is 9.97 Å². The van der Waals surface area contributed by atoms with Crippen molar-refractivity contribution in [2.45, 2.75) is 26.8 Å². The lowest BCUT2D eigenvalue weighted by molar-refractivity contribution is 0.600. The first-order valence-corrected chi connectivity index (χ1v) is 7.09. The van der Waals surface area contributed by atoms with E-state index in [0.717, 1.165) is 11.1 Å². The van der Waals surface area contributed by atoms with Crippen molar-refractivity contribution in [3.05, 3.63) is 57.6 Å². The molecule has 0 saturated heterocycles. The van der Waals surface area contributed by atoms with Crippen molar-refractivity contribution in [2.24, 2.45) is 5.73 Å². The van der Waals surface area contributed by atoms with E-state index in [2.05, 4.69) is 9.97 Å². The number of aromatic nitrogens is 2. The van der Waals surface area contributed by atoms with E-state index in [9.17, 15) is 4.79 Å². The number of hydrogen-bond donors (Lipinski definition) is 1. The Morgan fingerprint density at radius 1 is 1.23 bits per heavy atom. The minimum Gasteiger partial charge on any atom is -0.453 e. The van der Waals surface area contributed by atoms with Crippen molar-refractivity contribution in [3.63, 3.8) is 0 Å². The first kappa shape index (κ1) is 14.4. The summed E-state index contributed by atoms with van der Waals surface area (Å²) in [4.78, 5) is 21.0. The highest BCUT2D eigenvalue weighted by molar-refractivity contribution is 5.83. The summed E-state index contributed by atoms with van der Waals surface area (Å²) in [6, 6.07) is 3.55. The Bertz CT molecular complexity index is 899. The Morgan fingerprint density at radius 3 is 2.64 bits per heavy atom. The number of nitrogens with zero attached hydrogens (tertiary/aromatic N) is 2. The minimum absolute atomic E-state index is 0.0625. The third-order valence-electron chi connectivity index (χ3n) is 3.68. The number of rotatable bonds is 2. The molecule has 2 N–H and O–H groups in total. The molecule has 0 saturated carbocycles. The lowest BCUT2D eigenvalue weighted by Crippen LogP contribution is -2.12. The Kier molecular flexibility index (Phi) is 3.50. The van der Waals surface area contributed by atoms with Gasteiger partial charge in [0.1, 0.15) is 11.3 Å². The molecule has 3 rings (SSSR count). The predicted molar refractivity (Wildman–Crippen MR) is 85.6 cm³/mol. The normalized spacial score (nSPS) is 12.5. The van der Waals surface area contributed by atoms with E-state index in [0.29, 0.717) is 28.0 Å². The Labute approximate surface area is 127 Å². The highest BCUT2D eigenvalue weighted by Gasteiger charge is 2.17. The van der Waals surface area contributed by atoms with Crippen LogP contribution in [-0.4, -0.2) is 9.97 Å². The van der Waals surface area contributed by atoms with Gasteiger partial charge in [0.25, 0.3) is 0 Å². The Balaban J connectivity index is 2.43. The van der Waals surface area contributed by atoms with Gasteiger partial charge in [0, 0.05) is 29.6 Å². The van der Waals surface area contributed by atoms with Gasteiger partial charge in [0.15, 0.2) is 11.2 Å². The van der Waals surface area contributed by atoms with Gasteiger partial charge in [-0.05, 0) is 32.4 Å². The van der Waals surface area contributed by atoms with Crippen LogP contribution in [0.1, 0.15) is 29.7 Å². The molecule has 2 heterocycles. The maximum Gasteiger partial charge on any atom is 0.196 e. The monoisotopic (exact) mass is 295 g/mol. The zero-order chi connectivity index (χ0) is 15.9. The molecule has 5 nitrogen and oxygen atoms in total. The van der Waals surface area contributed by atoms with E-state index >= 15 is 0 Å². The summed E-state index contributed by atoms with van der Waals surface area (Å²) in [5, 5.41) is 0.553. The predicted octanol–water partition coefficient (Wildman–Crippen LogP) is 2.89. The standard InChI is InChI=1S/C17H17N3O2/c1-9-6-12(11(3)18)17-13(7-9)15(21)10(2)16(22-17)14-8-19-4-5-20-14/h4-8,11H,18H2,1-3H3. The summed E-state index contributed by atoms with van der Waals surface area (Å²) in [5.74, 6) is 0.441. The molecule has 0 fully saturated rings. The van der Waals surface area contributed by atoms with Crippen molar-refractivity contribution in [3.8, 4) is 11.5 Å². The first-order chi connectivity index (χ1) is 10.5. The maximum atomic E-state index is 12.7. The number of hydrogen-bond acceptors (Lipinski definition) is 5. The molecule has 0 aliphatic heterocycles. The molecule has 2 aromatic heterocycles. The number of fused-ring (bicyclic) bond motifs is 1. The average molecular weight is 295 g/mol. The minimum atomic E-state index is -0.233. The van der Waals surface area contributed by atoms with Crippen molar-refractivity contribution in [1.29, 1.82) is 0 Å². The first-order valence-electron chi connectivity index (χ1n) is 7.09. The fourth-order valence-corrected chi connectivity index (χ4v) is 2.57. The van der Waals surface area contributed by atoms with Crippen molar-refractivity contribution < 1.29 is 4.42 Å². The Morgan fingerprint density at radius 2 is 2.00 bits per heavy atom. The molecule has 1 atom stereocenters. The molecule has 5 heteroatoms. The highest BCUT2D eigenvalue weighted by Crippen LogP contribution is 2.28. The van der Waals surface area contributed by atoms with Gasteiger partial charge in [0.2, 0.25) is 0 Å². The smallest absolute Gasteiger partial charge is 0.196 e.